The van der Waals surface area contributed by atoms with Crippen LogP contribution >= 0.6 is 0 Å². The van der Waals surface area contributed by atoms with Crippen molar-refractivity contribution in [2.75, 3.05) is 67.8 Å². The van der Waals surface area contributed by atoms with Gasteiger partial charge < -0.3 is 39.1 Å². The van der Waals surface area contributed by atoms with Crippen LogP contribution in [0.15, 0.2) is 78.9 Å². The number of carbonyl (C=O) groups is 2. The summed E-state index contributed by atoms with van der Waals surface area (Å²) < 4.78 is 22.2. The topological polar surface area (TPSA) is 107 Å². The molecule has 2 atom stereocenters. The lowest BCUT2D eigenvalue weighted by Crippen LogP contribution is -2.46. The number of carbonyl (C=O) groups excluding carboxylic acids is 2. The normalized spacial score (nSPS) is 17.0. The average Bonchev–Trinajstić information content (AvgIpc) is 3.59. The third kappa shape index (κ3) is 19.1. The maximum absolute atomic E-state index is 11.7. The maximum Gasteiger partial charge on any atom is 0.209 e. The molecule has 0 radical (unpaired) electrons. The molecule has 1 amide bonds. The molecular formula is C54H86N2O7. The molecule has 1 heterocycles. The fourth-order valence-corrected chi connectivity index (χ4v) is 8.44. The summed E-state index contributed by atoms with van der Waals surface area (Å²) in [7, 11) is 6.55. The Bertz CT molecular complexity index is 1520. The number of amides is 1. The molecule has 0 spiro atoms. The molecule has 9 heteroatoms. The van der Waals surface area contributed by atoms with Crippen LogP contribution in [0.5, 0.6) is 11.5 Å². The fraction of sp³-hybridized carbons (Fsp3) is 0.630. The molecule has 2 N–H and O–H groups in total. The number of benzene rings is 3. The van der Waals surface area contributed by atoms with E-state index in [4.69, 9.17) is 14.2 Å². The van der Waals surface area contributed by atoms with Crippen molar-refractivity contribution >= 4 is 12.7 Å². The van der Waals surface area contributed by atoms with Gasteiger partial charge in [-0.05, 0) is 73.3 Å². The van der Waals surface area contributed by atoms with Gasteiger partial charge in [0.25, 0.3) is 0 Å². The highest BCUT2D eigenvalue weighted by atomic mass is 16.5. The van der Waals surface area contributed by atoms with E-state index in [1.807, 2.05) is 73.7 Å². The monoisotopic (exact) mass is 875 g/mol. The minimum absolute atomic E-state index is 0.0411. The van der Waals surface area contributed by atoms with Crippen LogP contribution in [0.1, 0.15) is 153 Å². The van der Waals surface area contributed by atoms with Crippen molar-refractivity contribution in [3.05, 3.63) is 95.6 Å². The number of likely N-dealkylation sites (tertiary alicyclic amines) is 1. The molecule has 4 rings (SSSR count). The quantitative estimate of drug-likeness (QED) is 0.0374. The number of nitrogens with zero attached hydrogens (tertiary/aromatic N) is 1. The van der Waals surface area contributed by atoms with Crippen LogP contribution < -0.4 is 14.8 Å². The number of aliphatic hydroxyl groups is 1. The first-order valence-corrected chi connectivity index (χ1v) is 24.0. The molecule has 0 aliphatic carbocycles. The molecule has 1 aliphatic rings. The molecule has 1 fully saturated rings. The number of hydrogen-bond donors (Lipinski definition) is 2. The van der Waals surface area contributed by atoms with Crippen molar-refractivity contribution in [1.29, 1.82) is 0 Å². The number of methoxy groups -OCH3 is 3. The average molecular weight is 875 g/mol. The standard InChI is InChI=1S/C30H35NO5.C22H45NO.C2H6O/c1-28(20-32)18-31(22-33)19-29(28,2)21-36-30(23-8-6-5-7-9-23,24-10-14-26(34-3)15-11-24)25-12-16-27(35-4)17-13-25;1-2-3-4-5-6-11-14-17-20-23-21-18-15-12-9-7-8-10-13-16-19-22-24;1-3-2/h5-17,22,32H,18-21H2,1-4H3;22-23H,2-21H2,1H3;1-2H3. The Labute approximate surface area is 383 Å². The van der Waals surface area contributed by atoms with E-state index in [0.29, 0.717) is 19.7 Å². The van der Waals surface area contributed by atoms with Gasteiger partial charge in [-0.2, -0.15) is 0 Å². The van der Waals surface area contributed by atoms with Gasteiger partial charge in [0.15, 0.2) is 0 Å². The first-order valence-electron chi connectivity index (χ1n) is 24.0. The van der Waals surface area contributed by atoms with Crippen LogP contribution in [0.2, 0.25) is 0 Å². The van der Waals surface area contributed by atoms with E-state index in [9.17, 15) is 14.7 Å². The second-order valence-electron chi connectivity index (χ2n) is 17.9. The van der Waals surface area contributed by atoms with Crippen molar-refractivity contribution in [3.8, 4) is 11.5 Å². The molecule has 3 aromatic carbocycles. The van der Waals surface area contributed by atoms with Crippen LogP contribution in [-0.2, 0) is 24.7 Å². The molecule has 1 saturated heterocycles. The van der Waals surface area contributed by atoms with E-state index < -0.39 is 16.4 Å². The molecule has 2 unspecified atom stereocenters. The van der Waals surface area contributed by atoms with Crippen molar-refractivity contribution < 1.29 is 33.6 Å². The lowest BCUT2D eigenvalue weighted by atomic mass is 9.68. The van der Waals surface area contributed by atoms with Gasteiger partial charge in [0.05, 0.1) is 27.4 Å². The third-order valence-corrected chi connectivity index (χ3v) is 12.7. The summed E-state index contributed by atoms with van der Waals surface area (Å²) in [5.41, 5.74) is 0.934. The Balaban J connectivity index is 0.000000441. The molecule has 9 nitrogen and oxygen atoms in total. The smallest absolute Gasteiger partial charge is 0.209 e. The first-order chi connectivity index (χ1) is 30.7. The summed E-state index contributed by atoms with van der Waals surface area (Å²) in [6.07, 6.45) is 25.9. The van der Waals surface area contributed by atoms with Gasteiger partial charge in [0, 0.05) is 44.6 Å². The van der Waals surface area contributed by atoms with Gasteiger partial charge in [0.1, 0.15) is 23.4 Å². The van der Waals surface area contributed by atoms with Crippen LogP contribution in [-0.4, -0.2) is 90.5 Å². The minimum atomic E-state index is -0.951. The number of nitrogens with one attached hydrogen (secondary N) is 1. The largest absolute Gasteiger partial charge is 0.497 e. The highest BCUT2D eigenvalue weighted by Gasteiger charge is 2.53. The molecule has 0 bridgehead atoms. The van der Waals surface area contributed by atoms with Crippen LogP contribution in [0.3, 0.4) is 0 Å². The number of unbranched alkanes of at least 4 members (excludes halogenated alkanes) is 16. The molecule has 0 aromatic heterocycles. The van der Waals surface area contributed by atoms with Gasteiger partial charge in [-0.1, -0.05) is 165 Å². The molecular weight excluding hydrogens is 789 g/mol. The molecule has 63 heavy (non-hydrogen) atoms. The van der Waals surface area contributed by atoms with E-state index in [0.717, 1.165) is 53.7 Å². The van der Waals surface area contributed by atoms with Crippen LogP contribution in [0, 0.1) is 10.8 Å². The SMILES string of the molecule is CCCCCCCCCCNCCCCCCCCCCCC=O.COC.COc1ccc(C(OCC2(C)CN(C=O)CC2(C)CO)(c2ccccc2)c2ccc(OC)cc2)cc1. The summed E-state index contributed by atoms with van der Waals surface area (Å²) >= 11 is 0. The van der Waals surface area contributed by atoms with E-state index in [1.165, 1.54) is 116 Å². The molecule has 354 valence electrons. The summed E-state index contributed by atoms with van der Waals surface area (Å²) in [6.45, 7) is 10.1. The lowest BCUT2D eigenvalue weighted by molar-refractivity contribution is -0.118. The first kappa shape index (κ1) is 55.4. The summed E-state index contributed by atoms with van der Waals surface area (Å²) in [6, 6.07) is 26.0. The van der Waals surface area contributed by atoms with Gasteiger partial charge in [-0.3, -0.25) is 4.79 Å². The fourth-order valence-electron chi connectivity index (χ4n) is 8.44. The molecule has 1 aliphatic heterocycles. The minimum Gasteiger partial charge on any atom is -0.497 e. The Morgan fingerprint density at radius 1 is 0.603 bits per heavy atom. The maximum atomic E-state index is 11.7. The Morgan fingerprint density at radius 2 is 1.02 bits per heavy atom. The van der Waals surface area contributed by atoms with E-state index >= 15 is 0 Å². The predicted octanol–water partition coefficient (Wildman–Crippen LogP) is 11.6. The van der Waals surface area contributed by atoms with E-state index in [-0.39, 0.29) is 6.61 Å². The van der Waals surface area contributed by atoms with Crippen molar-refractivity contribution in [2.45, 2.75) is 142 Å². The summed E-state index contributed by atoms with van der Waals surface area (Å²) in [4.78, 5) is 23.6. The van der Waals surface area contributed by atoms with Crippen LogP contribution in [0.25, 0.3) is 0 Å². The zero-order chi connectivity index (χ0) is 46.1. The summed E-state index contributed by atoms with van der Waals surface area (Å²) in [5.74, 6) is 1.51. The molecule has 3 aromatic rings. The number of aldehydes is 1. The second kappa shape index (κ2) is 32.8. The number of aliphatic hydroxyl groups excluding tert-OH is 1. The second-order valence-corrected chi connectivity index (χ2v) is 17.9. The van der Waals surface area contributed by atoms with E-state index in [1.54, 1.807) is 33.3 Å². The zero-order valence-electron chi connectivity index (χ0n) is 40.5. The highest BCUT2D eigenvalue weighted by Crippen LogP contribution is 2.49. The van der Waals surface area contributed by atoms with Gasteiger partial charge in [0.2, 0.25) is 6.41 Å². The lowest BCUT2D eigenvalue weighted by Gasteiger charge is -2.43. The van der Waals surface area contributed by atoms with Gasteiger partial charge in [-0.15, -0.1) is 0 Å². The predicted molar refractivity (Wildman–Crippen MR) is 260 cm³/mol. The Hall–Kier alpha value is -3.76. The third-order valence-electron chi connectivity index (χ3n) is 12.7. The Morgan fingerprint density at radius 3 is 1.43 bits per heavy atom. The molecule has 0 saturated carbocycles. The highest BCUT2D eigenvalue weighted by molar-refractivity contribution is 5.51. The number of hydrogen-bond acceptors (Lipinski definition) is 8. The van der Waals surface area contributed by atoms with Crippen molar-refractivity contribution in [2.24, 2.45) is 10.8 Å². The number of rotatable bonds is 31. The van der Waals surface area contributed by atoms with Crippen molar-refractivity contribution in [1.82, 2.24) is 10.2 Å². The van der Waals surface area contributed by atoms with Gasteiger partial charge in [-0.25, -0.2) is 0 Å². The Kier molecular flexibility index (Phi) is 28.9. The van der Waals surface area contributed by atoms with Crippen LogP contribution in [0.4, 0.5) is 0 Å². The zero-order valence-corrected chi connectivity index (χ0v) is 40.5. The summed E-state index contributed by atoms with van der Waals surface area (Å²) in [5, 5.41) is 13.9. The number of ether oxygens (including phenoxy) is 4. The van der Waals surface area contributed by atoms with Gasteiger partial charge >= 0.3 is 0 Å². The van der Waals surface area contributed by atoms with Crippen molar-refractivity contribution in [3.63, 3.8) is 0 Å². The van der Waals surface area contributed by atoms with E-state index in [2.05, 4.69) is 36.0 Å².